The molecule has 0 radical (unpaired) electrons. The number of benzene rings is 1. The largest absolute Gasteiger partial charge is 0.278 e. The highest BCUT2D eigenvalue weighted by Crippen LogP contribution is 2.24. The van der Waals surface area contributed by atoms with Crippen LogP contribution >= 0.6 is 11.6 Å². The quantitative estimate of drug-likeness (QED) is 0.710. The van der Waals surface area contributed by atoms with E-state index in [9.17, 15) is 0 Å². The van der Waals surface area contributed by atoms with Crippen LogP contribution in [0.3, 0.4) is 0 Å². The summed E-state index contributed by atoms with van der Waals surface area (Å²) in [6, 6.07) is 8.17. The third-order valence-electron chi connectivity index (χ3n) is 2.92. The van der Waals surface area contributed by atoms with Crippen LogP contribution in [0.5, 0.6) is 0 Å². The van der Waals surface area contributed by atoms with Gasteiger partial charge in [-0.2, -0.15) is 0 Å². The number of aromatic nitrogens is 4. The van der Waals surface area contributed by atoms with E-state index in [2.05, 4.69) is 28.2 Å². The normalized spacial score (nSPS) is 11.0. The molecule has 0 saturated heterocycles. The van der Waals surface area contributed by atoms with Crippen molar-refractivity contribution >= 4 is 17.2 Å². The lowest BCUT2D eigenvalue weighted by Gasteiger charge is -2.05. The number of rotatable bonds is 2. The smallest absolute Gasteiger partial charge is 0.198 e. The predicted octanol–water partition coefficient (Wildman–Crippen LogP) is 3.01. The molecule has 0 aliphatic heterocycles. The number of aryl methyl sites for hydroxylation is 1. The summed E-state index contributed by atoms with van der Waals surface area (Å²) in [6.07, 6.45) is 4.42. The van der Waals surface area contributed by atoms with Crippen LogP contribution in [0.25, 0.3) is 17.0 Å². The van der Waals surface area contributed by atoms with Crippen LogP contribution in [-0.2, 0) is 6.42 Å². The third-order valence-corrected chi connectivity index (χ3v) is 3.19. The Morgan fingerprint density at radius 1 is 1.22 bits per heavy atom. The van der Waals surface area contributed by atoms with E-state index in [0.717, 1.165) is 17.8 Å². The fourth-order valence-corrected chi connectivity index (χ4v) is 2.21. The lowest BCUT2D eigenvalue weighted by Crippen LogP contribution is -1.94. The maximum Gasteiger partial charge on any atom is 0.198 e. The van der Waals surface area contributed by atoms with Crippen molar-refractivity contribution in [2.45, 2.75) is 13.3 Å². The van der Waals surface area contributed by atoms with Crippen LogP contribution < -0.4 is 0 Å². The second-order valence-electron chi connectivity index (χ2n) is 3.95. The van der Waals surface area contributed by atoms with Crippen LogP contribution in [0.15, 0.2) is 36.7 Å². The van der Waals surface area contributed by atoms with Crippen molar-refractivity contribution in [3.63, 3.8) is 0 Å². The molecule has 0 saturated carbocycles. The summed E-state index contributed by atoms with van der Waals surface area (Å²) in [7, 11) is 0. The first-order chi connectivity index (χ1) is 8.81. The summed E-state index contributed by atoms with van der Waals surface area (Å²) in [6.45, 7) is 2.12. The molecule has 5 heteroatoms. The Morgan fingerprint density at radius 2 is 2.06 bits per heavy atom. The molecule has 0 N–H and O–H groups in total. The van der Waals surface area contributed by atoms with E-state index in [0.29, 0.717) is 10.8 Å². The first-order valence-corrected chi connectivity index (χ1v) is 6.12. The number of hydrogen-bond acceptors (Lipinski definition) is 3. The topological polar surface area (TPSA) is 43.1 Å². The highest BCUT2D eigenvalue weighted by Gasteiger charge is 2.12. The average Bonchev–Trinajstić information content (AvgIpc) is 2.84. The molecule has 0 spiro atoms. The van der Waals surface area contributed by atoms with Gasteiger partial charge in [0.2, 0.25) is 0 Å². The van der Waals surface area contributed by atoms with Crippen molar-refractivity contribution in [1.82, 2.24) is 19.6 Å². The van der Waals surface area contributed by atoms with Gasteiger partial charge in [0.25, 0.3) is 0 Å². The molecule has 2 aromatic heterocycles. The van der Waals surface area contributed by atoms with Gasteiger partial charge >= 0.3 is 0 Å². The van der Waals surface area contributed by atoms with E-state index in [-0.39, 0.29) is 0 Å². The van der Waals surface area contributed by atoms with Crippen molar-refractivity contribution in [3.05, 3.63) is 47.4 Å². The van der Waals surface area contributed by atoms with E-state index in [1.165, 1.54) is 5.56 Å². The minimum absolute atomic E-state index is 0.366. The fraction of sp³-hybridized carbons (Fsp3) is 0.154. The Balaban J connectivity index is 2.29. The third kappa shape index (κ3) is 1.66. The molecule has 2 heterocycles. The zero-order valence-electron chi connectivity index (χ0n) is 9.84. The van der Waals surface area contributed by atoms with Gasteiger partial charge in [-0.15, -0.1) is 10.2 Å². The van der Waals surface area contributed by atoms with Gasteiger partial charge in [-0.1, -0.05) is 42.8 Å². The molecule has 3 aromatic rings. The number of nitrogens with zero attached hydrogens (tertiary/aromatic N) is 4. The number of hydrogen-bond donors (Lipinski definition) is 0. The van der Waals surface area contributed by atoms with E-state index >= 15 is 0 Å². The molecule has 4 nitrogen and oxygen atoms in total. The molecule has 18 heavy (non-hydrogen) atoms. The van der Waals surface area contributed by atoms with E-state index < -0.39 is 0 Å². The van der Waals surface area contributed by atoms with Crippen molar-refractivity contribution in [3.8, 4) is 11.4 Å². The molecule has 1 aromatic carbocycles. The molecule has 0 atom stereocenters. The SMILES string of the molecule is CCc1ccccc1-c1nnc2c(Cl)nccn12. The van der Waals surface area contributed by atoms with Gasteiger partial charge in [0.1, 0.15) is 0 Å². The first-order valence-electron chi connectivity index (χ1n) is 5.74. The van der Waals surface area contributed by atoms with Gasteiger partial charge in [-0.3, -0.25) is 4.40 Å². The zero-order valence-corrected chi connectivity index (χ0v) is 10.6. The molecule has 90 valence electrons. The molecule has 0 unspecified atom stereocenters. The van der Waals surface area contributed by atoms with Crippen molar-refractivity contribution in [2.24, 2.45) is 0 Å². The summed E-state index contributed by atoms with van der Waals surface area (Å²) in [4.78, 5) is 4.00. The Kier molecular flexibility index (Phi) is 2.72. The van der Waals surface area contributed by atoms with Crippen LogP contribution in [-0.4, -0.2) is 19.6 Å². The van der Waals surface area contributed by atoms with Gasteiger partial charge in [0.15, 0.2) is 16.6 Å². The van der Waals surface area contributed by atoms with E-state index in [4.69, 9.17) is 11.6 Å². The molecule has 0 bridgehead atoms. The average molecular weight is 259 g/mol. The van der Waals surface area contributed by atoms with Gasteiger partial charge in [0.05, 0.1) is 0 Å². The molecular formula is C13H11ClN4. The summed E-state index contributed by atoms with van der Waals surface area (Å²) in [5, 5.41) is 8.68. The minimum atomic E-state index is 0.366. The molecule has 0 amide bonds. The molecule has 0 fully saturated rings. The highest BCUT2D eigenvalue weighted by molar-refractivity contribution is 6.32. The van der Waals surface area contributed by atoms with Gasteiger partial charge in [-0.25, -0.2) is 4.98 Å². The standard InChI is InChI=1S/C13H11ClN4/c1-2-9-5-3-4-6-10(9)12-16-17-13-11(14)15-7-8-18(12)13/h3-8H,2H2,1H3. The summed E-state index contributed by atoms with van der Waals surface area (Å²) in [5.74, 6) is 0.798. The maximum atomic E-state index is 6.00. The molecular weight excluding hydrogens is 248 g/mol. The second-order valence-corrected chi connectivity index (χ2v) is 4.30. The Morgan fingerprint density at radius 3 is 2.89 bits per heavy atom. The summed E-state index contributed by atoms with van der Waals surface area (Å²) in [5.41, 5.74) is 2.90. The van der Waals surface area contributed by atoms with Crippen LogP contribution in [0.2, 0.25) is 5.15 Å². The van der Waals surface area contributed by atoms with Gasteiger partial charge in [0, 0.05) is 18.0 Å². The van der Waals surface area contributed by atoms with Crippen LogP contribution in [0.1, 0.15) is 12.5 Å². The monoisotopic (exact) mass is 258 g/mol. The summed E-state index contributed by atoms with van der Waals surface area (Å²) >= 11 is 6.00. The Hall–Kier alpha value is -1.94. The molecule has 0 aliphatic rings. The van der Waals surface area contributed by atoms with Gasteiger partial charge < -0.3 is 0 Å². The predicted molar refractivity (Wildman–Crippen MR) is 70.6 cm³/mol. The van der Waals surface area contributed by atoms with Crippen LogP contribution in [0.4, 0.5) is 0 Å². The fourth-order valence-electron chi connectivity index (χ4n) is 2.03. The van der Waals surface area contributed by atoms with Crippen molar-refractivity contribution in [2.75, 3.05) is 0 Å². The molecule has 3 rings (SSSR count). The first kappa shape index (κ1) is 11.2. The van der Waals surface area contributed by atoms with Crippen molar-refractivity contribution in [1.29, 1.82) is 0 Å². The number of fused-ring (bicyclic) bond motifs is 1. The maximum absolute atomic E-state index is 6.00. The number of halogens is 1. The van der Waals surface area contributed by atoms with Crippen LogP contribution in [0, 0.1) is 0 Å². The summed E-state index contributed by atoms with van der Waals surface area (Å²) < 4.78 is 1.86. The van der Waals surface area contributed by atoms with Crippen molar-refractivity contribution < 1.29 is 0 Å². The Labute approximate surface area is 109 Å². The molecule has 0 aliphatic carbocycles. The second kappa shape index (κ2) is 4.38. The van der Waals surface area contributed by atoms with E-state index in [1.54, 1.807) is 6.20 Å². The van der Waals surface area contributed by atoms with Gasteiger partial charge in [-0.05, 0) is 12.0 Å². The zero-order chi connectivity index (χ0) is 12.5. The highest BCUT2D eigenvalue weighted by atomic mass is 35.5. The lowest BCUT2D eigenvalue weighted by atomic mass is 10.1. The lowest BCUT2D eigenvalue weighted by molar-refractivity contribution is 1.08. The minimum Gasteiger partial charge on any atom is -0.278 e. The van der Waals surface area contributed by atoms with E-state index in [1.807, 2.05) is 28.8 Å². The Bertz CT molecular complexity index is 705.